The highest BCUT2D eigenvalue weighted by Crippen LogP contribution is 2.24. The number of aryl methyl sites for hydroxylation is 2. The zero-order valence-corrected chi connectivity index (χ0v) is 12.1. The molecule has 2 nitrogen and oxygen atoms in total. The smallest absolute Gasteiger partial charge is 0.123 e. The van der Waals surface area contributed by atoms with E-state index < -0.39 is 0 Å². The Morgan fingerprint density at radius 2 is 1.85 bits per heavy atom. The molecule has 0 aliphatic rings. The molecule has 2 rings (SSSR count). The summed E-state index contributed by atoms with van der Waals surface area (Å²) < 4.78 is 5.99. The van der Waals surface area contributed by atoms with Crippen LogP contribution < -0.4 is 10.5 Å². The average molecular weight is 267 g/mol. The highest BCUT2D eigenvalue weighted by atomic mass is 16.5. The van der Waals surface area contributed by atoms with Crippen LogP contribution in [0.5, 0.6) is 5.75 Å². The van der Waals surface area contributed by atoms with E-state index in [4.69, 9.17) is 10.5 Å². The number of nitrogens with two attached hydrogens (primary N) is 1. The van der Waals surface area contributed by atoms with Crippen LogP contribution in [0.3, 0.4) is 0 Å². The first kappa shape index (κ1) is 14.2. The van der Waals surface area contributed by atoms with Crippen LogP contribution in [0.4, 0.5) is 5.69 Å². The second-order valence-corrected chi connectivity index (χ2v) is 5.02. The molecular formula is C18H21NO. The van der Waals surface area contributed by atoms with Gasteiger partial charge in [-0.15, -0.1) is 6.58 Å². The van der Waals surface area contributed by atoms with Crippen molar-refractivity contribution in [2.45, 2.75) is 26.9 Å². The van der Waals surface area contributed by atoms with Crippen molar-refractivity contribution < 1.29 is 4.74 Å². The monoisotopic (exact) mass is 267 g/mol. The molecule has 0 amide bonds. The van der Waals surface area contributed by atoms with Crippen LogP contribution in [-0.4, -0.2) is 0 Å². The number of benzene rings is 2. The van der Waals surface area contributed by atoms with Crippen LogP contribution in [0.2, 0.25) is 0 Å². The molecule has 0 saturated carbocycles. The number of hydrogen-bond acceptors (Lipinski definition) is 2. The van der Waals surface area contributed by atoms with E-state index in [0.717, 1.165) is 23.4 Å². The van der Waals surface area contributed by atoms with Crippen molar-refractivity contribution in [1.29, 1.82) is 0 Å². The molecule has 2 aromatic rings. The molecule has 2 heteroatoms. The molecule has 0 spiro atoms. The first-order valence-corrected chi connectivity index (χ1v) is 6.79. The Morgan fingerprint density at radius 3 is 2.50 bits per heavy atom. The van der Waals surface area contributed by atoms with Gasteiger partial charge in [0.2, 0.25) is 0 Å². The minimum atomic E-state index is 0.576. The van der Waals surface area contributed by atoms with Gasteiger partial charge in [-0.2, -0.15) is 0 Å². The van der Waals surface area contributed by atoms with Crippen LogP contribution in [0.15, 0.2) is 49.1 Å². The molecule has 0 radical (unpaired) electrons. The van der Waals surface area contributed by atoms with Crippen LogP contribution in [0, 0.1) is 13.8 Å². The topological polar surface area (TPSA) is 35.2 Å². The van der Waals surface area contributed by atoms with Crippen molar-refractivity contribution in [3.05, 3.63) is 71.3 Å². The molecular weight excluding hydrogens is 246 g/mol. The van der Waals surface area contributed by atoms with Crippen molar-refractivity contribution >= 4 is 5.69 Å². The lowest BCUT2D eigenvalue weighted by Crippen LogP contribution is -2.02. The predicted molar refractivity (Wildman–Crippen MR) is 85.0 cm³/mol. The van der Waals surface area contributed by atoms with Crippen LogP contribution in [0.25, 0.3) is 0 Å². The Balaban J connectivity index is 2.20. The highest BCUT2D eigenvalue weighted by molar-refractivity contribution is 5.48. The van der Waals surface area contributed by atoms with Gasteiger partial charge >= 0.3 is 0 Å². The van der Waals surface area contributed by atoms with Crippen LogP contribution >= 0.6 is 0 Å². The maximum atomic E-state index is 5.99. The van der Waals surface area contributed by atoms with E-state index in [-0.39, 0.29) is 0 Å². The minimum Gasteiger partial charge on any atom is -0.489 e. The molecule has 0 fully saturated rings. The van der Waals surface area contributed by atoms with Gasteiger partial charge in [0.15, 0.2) is 0 Å². The first-order chi connectivity index (χ1) is 9.61. The van der Waals surface area contributed by atoms with Crippen molar-refractivity contribution in [3.63, 3.8) is 0 Å². The molecule has 0 aromatic heterocycles. The fraction of sp³-hybridized carbons (Fsp3) is 0.222. The summed E-state index contributed by atoms with van der Waals surface area (Å²) in [5.74, 6) is 0.877. The van der Waals surface area contributed by atoms with Gasteiger partial charge in [0, 0.05) is 5.69 Å². The largest absolute Gasteiger partial charge is 0.489 e. The molecule has 2 aromatic carbocycles. The van der Waals surface area contributed by atoms with E-state index >= 15 is 0 Å². The van der Waals surface area contributed by atoms with Crippen molar-refractivity contribution in [2.75, 3.05) is 5.73 Å². The molecule has 0 saturated heterocycles. The molecule has 0 aliphatic carbocycles. The molecule has 2 N–H and O–H groups in total. The maximum Gasteiger partial charge on any atom is 0.123 e. The van der Waals surface area contributed by atoms with Gasteiger partial charge in [-0.05, 0) is 60.7 Å². The van der Waals surface area contributed by atoms with Crippen molar-refractivity contribution in [3.8, 4) is 5.75 Å². The zero-order valence-electron chi connectivity index (χ0n) is 12.1. The minimum absolute atomic E-state index is 0.576. The lowest BCUT2D eigenvalue weighted by Gasteiger charge is -2.14. The number of nitrogen functional groups attached to an aromatic ring is 1. The molecule has 0 heterocycles. The summed E-state index contributed by atoms with van der Waals surface area (Å²) in [4.78, 5) is 0. The van der Waals surface area contributed by atoms with Gasteiger partial charge in [-0.3, -0.25) is 0 Å². The van der Waals surface area contributed by atoms with Gasteiger partial charge in [0.1, 0.15) is 12.4 Å². The highest BCUT2D eigenvalue weighted by Gasteiger charge is 2.06. The standard InChI is InChI=1S/C18H21NO/c1-4-6-15-11-16(19)9-10-18(15)20-12-17-13(2)7-5-8-14(17)3/h4-5,7-11H,1,6,12,19H2,2-3H3. The van der Waals surface area contributed by atoms with Gasteiger partial charge in [-0.25, -0.2) is 0 Å². The summed E-state index contributed by atoms with van der Waals surface area (Å²) in [6.45, 7) is 8.57. The molecule has 20 heavy (non-hydrogen) atoms. The Hall–Kier alpha value is -2.22. The van der Waals surface area contributed by atoms with E-state index in [1.54, 1.807) is 0 Å². The number of allylic oxidation sites excluding steroid dienone is 1. The second kappa shape index (κ2) is 6.29. The second-order valence-electron chi connectivity index (χ2n) is 5.02. The summed E-state index contributed by atoms with van der Waals surface area (Å²) in [6.07, 6.45) is 2.62. The molecule has 0 aliphatic heterocycles. The zero-order chi connectivity index (χ0) is 14.5. The summed E-state index contributed by atoms with van der Waals surface area (Å²) in [5.41, 5.74) is 11.4. The Morgan fingerprint density at radius 1 is 1.15 bits per heavy atom. The Bertz CT molecular complexity index is 597. The predicted octanol–water partition coefficient (Wildman–Crippen LogP) is 4.19. The third kappa shape index (κ3) is 3.21. The number of anilines is 1. The van der Waals surface area contributed by atoms with Gasteiger partial charge in [0.25, 0.3) is 0 Å². The molecule has 0 bridgehead atoms. The quantitative estimate of drug-likeness (QED) is 0.651. The third-order valence-electron chi connectivity index (χ3n) is 3.47. The van der Waals surface area contributed by atoms with Gasteiger partial charge < -0.3 is 10.5 Å². The number of hydrogen-bond donors (Lipinski definition) is 1. The summed E-state index contributed by atoms with van der Waals surface area (Å²) >= 11 is 0. The number of ether oxygens (including phenoxy) is 1. The van der Waals surface area contributed by atoms with E-state index in [9.17, 15) is 0 Å². The van der Waals surface area contributed by atoms with E-state index in [0.29, 0.717) is 6.61 Å². The van der Waals surface area contributed by atoms with Crippen LogP contribution in [-0.2, 0) is 13.0 Å². The van der Waals surface area contributed by atoms with E-state index in [1.807, 2.05) is 24.3 Å². The summed E-state index contributed by atoms with van der Waals surface area (Å²) in [6, 6.07) is 12.0. The van der Waals surface area contributed by atoms with E-state index in [2.05, 4.69) is 38.6 Å². The summed E-state index contributed by atoms with van der Waals surface area (Å²) in [7, 11) is 0. The van der Waals surface area contributed by atoms with Crippen molar-refractivity contribution in [1.82, 2.24) is 0 Å². The third-order valence-corrected chi connectivity index (χ3v) is 3.47. The number of rotatable bonds is 5. The van der Waals surface area contributed by atoms with E-state index in [1.165, 1.54) is 16.7 Å². The Labute approximate surface area is 120 Å². The SMILES string of the molecule is C=CCc1cc(N)ccc1OCc1c(C)cccc1C. The van der Waals surface area contributed by atoms with Gasteiger partial charge in [0.05, 0.1) is 0 Å². The lowest BCUT2D eigenvalue weighted by molar-refractivity contribution is 0.302. The van der Waals surface area contributed by atoms with Crippen LogP contribution in [0.1, 0.15) is 22.3 Å². The fourth-order valence-corrected chi connectivity index (χ4v) is 2.28. The van der Waals surface area contributed by atoms with Gasteiger partial charge in [-0.1, -0.05) is 24.3 Å². The molecule has 104 valence electrons. The average Bonchev–Trinajstić information content (AvgIpc) is 2.40. The first-order valence-electron chi connectivity index (χ1n) is 6.79. The fourth-order valence-electron chi connectivity index (χ4n) is 2.28. The normalized spacial score (nSPS) is 10.3. The van der Waals surface area contributed by atoms with Crippen molar-refractivity contribution in [2.24, 2.45) is 0 Å². The molecule has 0 unspecified atom stereocenters. The maximum absolute atomic E-state index is 5.99. The molecule has 0 atom stereocenters. The Kier molecular flexibility index (Phi) is 4.46. The lowest BCUT2D eigenvalue weighted by atomic mass is 10.0. The summed E-state index contributed by atoms with van der Waals surface area (Å²) in [5, 5.41) is 0.